The first kappa shape index (κ1) is 14.2. The fourth-order valence-electron chi connectivity index (χ4n) is 1.30. The van der Waals surface area contributed by atoms with Gasteiger partial charge in [-0.25, -0.2) is 4.79 Å². The number of rotatable bonds is 5. The lowest BCUT2D eigenvalue weighted by atomic mass is 10.3. The number of carbonyl (C=O) groups excluding carboxylic acids is 1. The maximum absolute atomic E-state index is 11.2. The van der Waals surface area contributed by atoms with Gasteiger partial charge in [0.2, 0.25) is 0 Å². The van der Waals surface area contributed by atoms with Crippen LogP contribution in [0.4, 0.5) is 0 Å². The standard InChI is InChI=1S/C12H16ClNO2S/c1-9(12(15)16-3)6-7-14(2)8-10-4-5-11(13)17-10/h4-6H,7-8H2,1-3H3. The Morgan fingerprint density at radius 1 is 1.59 bits per heavy atom. The number of esters is 1. The molecule has 0 saturated carbocycles. The minimum Gasteiger partial charge on any atom is -0.466 e. The molecule has 0 aliphatic carbocycles. The fraction of sp³-hybridized carbons (Fsp3) is 0.417. The zero-order valence-corrected chi connectivity index (χ0v) is 11.8. The predicted octanol–water partition coefficient (Wildman–Crippen LogP) is 2.95. The summed E-state index contributed by atoms with van der Waals surface area (Å²) in [5.41, 5.74) is 0.628. The van der Waals surface area contributed by atoms with Crippen LogP contribution >= 0.6 is 22.9 Å². The van der Waals surface area contributed by atoms with Crippen LogP contribution in [0.25, 0.3) is 0 Å². The van der Waals surface area contributed by atoms with Gasteiger partial charge >= 0.3 is 5.97 Å². The SMILES string of the molecule is COC(=O)C(C)=CCN(C)Cc1ccc(Cl)s1. The lowest BCUT2D eigenvalue weighted by Gasteiger charge is -2.13. The van der Waals surface area contributed by atoms with Gasteiger partial charge in [-0.2, -0.15) is 0 Å². The van der Waals surface area contributed by atoms with E-state index >= 15 is 0 Å². The molecule has 0 aliphatic rings. The lowest BCUT2D eigenvalue weighted by Crippen LogP contribution is -2.18. The molecule has 0 N–H and O–H groups in total. The van der Waals surface area contributed by atoms with Crippen molar-refractivity contribution in [1.29, 1.82) is 0 Å². The largest absolute Gasteiger partial charge is 0.466 e. The second-order valence-corrected chi connectivity index (χ2v) is 5.58. The number of hydrogen-bond acceptors (Lipinski definition) is 4. The highest BCUT2D eigenvalue weighted by atomic mass is 35.5. The van der Waals surface area contributed by atoms with Crippen molar-refractivity contribution < 1.29 is 9.53 Å². The molecule has 0 unspecified atom stereocenters. The number of halogens is 1. The van der Waals surface area contributed by atoms with Gasteiger partial charge in [-0.1, -0.05) is 17.7 Å². The minimum atomic E-state index is -0.280. The number of ether oxygens (including phenoxy) is 1. The van der Waals surface area contributed by atoms with Gasteiger partial charge in [0, 0.05) is 23.5 Å². The summed E-state index contributed by atoms with van der Waals surface area (Å²) in [5.74, 6) is -0.280. The Hall–Kier alpha value is -0.840. The summed E-state index contributed by atoms with van der Waals surface area (Å²) in [6.07, 6.45) is 1.86. The van der Waals surface area contributed by atoms with Gasteiger partial charge < -0.3 is 4.74 Å². The molecular formula is C12H16ClNO2S. The first-order valence-electron chi connectivity index (χ1n) is 5.20. The van der Waals surface area contributed by atoms with Crippen molar-refractivity contribution in [3.63, 3.8) is 0 Å². The topological polar surface area (TPSA) is 29.5 Å². The van der Waals surface area contributed by atoms with E-state index < -0.39 is 0 Å². The molecule has 0 saturated heterocycles. The molecule has 5 heteroatoms. The molecule has 0 aliphatic heterocycles. The molecule has 0 bridgehead atoms. The van der Waals surface area contributed by atoms with E-state index in [1.807, 2.05) is 25.3 Å². The molecular weight excluding hydrogens is 258 g/mol. The van der Waals surface area contributed by atoms with Crippen molar-refractivity contribution >= 4 is 28.9 Å². The van der Waals surface area contributed by atoms with Crippen molar-refractivity contribution in [2.75, 3.05) is 20.7 Å². The smallest absolute Gasteiger partial charge is 0.333 e. The Balaban J connectivity index is 2.45. The highest BCUT2D eigenvalue weighted by molar-refractivity contribution is 7.16. The van der Waals surface area contributed by atoms with Crippen molar-refractivity contribution in [1.82, 2.24) is 4.90 Å². The second-order valence-electron chi connectivity index (χ2n) is 3.78. The molecule has 1 aromatic heterocycles. The molecule has 1 heterocycles. The van der Waals surface area contributed by atoms with Gasteiger partial charge in [0.25, 0.3) is 0 Å². The third-order valence-corrected chi connectivity index (χ3v) is 3.49. The average molecular weight is 274 g/mol. The van der Waals surface area contributed by atoms with Crippen molar-refractivity contribution in [2.45, 2.75) is 13.5 Å². The maximum atomic E-state index is 11.2. The summed E-state index contributed by atoms with van der Waals surface area (Å²) in [4.78, 5) is 14.5. The zero-order valence-electron chi connectivity index (χ0n) is 10.2. The van der Waals surface area contributed by atoms with Crippen LogP contribution in [0.1, 0.15) is 11.8 Å². The van der Waals surface area contributed by atoms with Crippen LogP contribution in [0.15, 0.2) is 23.8 Å². The summed E-state index contributed by atoms with van der Waals surface area (Å²) in [5, 5.41) is 0. The minimum absolute atomic E-state index is 0.280. The molecule has 0 spiro atoms. The summed E-state index contributed by atoms with van der Waals surface area (Å²) in [6, 6.07) is 3.91. The Bertz CT molecular complexity index is 414. The van der Waals surface area contributed by atoms with Gasteiger partial charge in [-0.15, -0.1) is 11.3 Å². The Kier molecular flexibility index (Phi) is 5.68. The molecule has 0 atom stereocenters. The van der Waals surface area contributed by atoms with E-state index in [0.29, 0.717) is 12.1 Å². The van der Waals surface area contributed by atoms with E-state index in [-0.39, 0.29) is 5.97 Å². The number of carbonyl (C=O) groups is 1. The number of hydrogen-bond donors (Lipinski definition) is 0. The van der Waals surface area contributed by atoms with Crippen LogP contribution in [-0.4, -0.2) is 31.6 Å². The highest BCUT2D eigenvalue weighted by Gasteiger charge is 2.05. The van der Waals surface area contributed by atoms with Crippen molar-refractivity contribution in [3.05, 3.63) is 33.0 Å². The van der Waals surface area contributed by atoms with E-state index in [1.54, 1.807) is 18.3 Å². The monoisotopic (exact) mass is 273 g/mol. The Morgan fingerprint density at radius 2 is 2.29 bits per heavy atom. The van der Waals surface area contributed by atoms with Crippen LogP contribution in [0.3, 0.4) is 0 Å². The second kappa shape index (κ2) is 6.79. The van der Waals surface area contributed by atoms with E-state index in [4.69, 9.17) is 11.6 Å². The third-order valence-electron chi connectivity index (χ3n) is 2.27. The predicted molar refractivity (Wildman–Crippen MR) is 71.4 cm³/mol. The summed E-state index contributed by atoms with van der Waals surface area (Å²) in [6.45, 7) is 3.28. The lowest BCUT2D eigenvalue weighted by molar-refractivity contribution is -0.136. The number of nitrogens with zero attached hydrogens (tertiary/aromatic N) is 1. The molecule has 94 valence electrons. The van der Waals surface area contributed by atoms with Gasteiger partial charge in [0.05, 0.1) is 11.4 Å². The molecule has 0 radical (unpaired) electrons. The van der Waals surface area contributed by atoms with E-state index in [9.17, 15) is 4.79 Å². The number of methoxy groups -OCH3 is 1. The Morgan fingerprint density at radius 3 is 2.82 bits per heavy atom. The van der Waals surface area contributed by atoms with E-state index in [1.165, 1.54) is 12.0 Å². The Labute approximate surface area is 111 Å². The highest BCUT2D eigenvalue weighted by Crippen LogP contribution is 2.22. The van der Waals surface area contributed by atoms with Crippen LogP contribution < -0.4 is 0 Å². The zero-order chi connectivity index (χ0) is 12.8. The molecule has 17 heavy (non-hydrogen) atoms. The third kappa shape index (κ3) is 4.89. The summed E-state index contributed by atoms with van der Waals surface area (Å²) < 4.78 is 5.43. The molecule has 3 nitrogen and oxygen atoms in total. The van der Waals surface area contributed by atoms with Crippen molar-refractivity contribution in [2.24, 2.45) is 0 Å². The quantitative estimate of drug-likeness (QED) is 0.610. The van der Waals surface area contributed by atoms with Crippen LogP contribution in [0.5, 0.6) is 0 Å². The van der Waals surface area contributed by atoms with Gasteiger partial charge in [0.1, 0.15) is 0 Å². The van der Waals surface area contributed by atoms with Gasteiger partial charge in [-0.05, 0) is 26.1 Å². The molecule has 0 aromatic carbocycles. The summed E-state index contributed by atoms with van der Waals surface area (Å²) in [7, 11) is 3.38. The van der Waals surface area contributed by atoms with Gasteiger partial charge in [0.15, 0.2) is 0 Å². The number of thiophene rings is 1. The molecule has 0 amide bonds. The molecule has 1 aromatic rings. The van der Waals surface area contributed by atoms with Crippen molar-refractivity contribution in [3.8, 4) is 0 Å². The summed E-state index contributed by atoms with van der Waals surface area (Å²) >= 11 is 7.43. The van der Waals surface area contributed by atoms with Gasteiger partial charge in [-0.3, -0.25) is 4.90 Å². The average Bonchev–Trinajstić information content (AvgIpc) is 2.70. The maximum Gasteiger partial charge on any atom is 0.333 e. The molecule has 0 fully saturated rings. The van der Waals surface area contributed by atoms with Crippen LogP contribution in [0, 0.1) is 0 Å². The first-order valence-corrected chi connectivity index (χ1v) is 6.40. The fourth-order valence-corrected chi connectivity index (χ4v) is 2.47. The van der Waals surface area contributed by atoms with E-state index in [0.717, 1.165) is 10.9 Å². The van der Waals surface area contributed by atoms with Crippen LogP contribution in [-0.2, 0) is 16.1 Å². The van der Waals surface area contributed by atoms with E-state index in [2.05, 4.69) is 9.64 Å². The molecule has 1 rings (SSSR count). The normalized spacial score (nSPS) is 11.9. The number of likely N-dealkylation sites (N-methyl/N-ethyl adjacent to an activating group) is 1. The first-order chi connectivity index (χ1) is 8.02. The van der Waals surface area contributed by atoms with Crippen LogP contribution in [0.2, 0.25) is 4.34 Å².